The maximum Gasteiger partial charge on any atom is 0.305 e. The molecule has 0 aromatic carbocycles. The molecular weight excluding hydrogens is 959 g/mol. The molecule has 0 heterocycles. The highest BCUT2D eigenvalue weighted by atomic mass is 16.5. The van der Waals surface area contributed by atoms with Gasteiger partial charge in [0.05, 0.1) is 25.4 Å². The van der Waals surface area contributed by atoms with E-state index in [0.29, 0.717) is 19.4 Å². The molecule has 0 spiro atoms. The van der Waals surface area contributed by atoms with Crippen LogP contribution in [0.1, 0.15) is 373 Å². The summed E-state index contributed by atoms with van der Waals surface area (Å²) in [7, 11) is 0. The van der Waals surface area contributed by atoms with Gasteiger partial charge in [0.15, 0.2) is 0 Å². The van der Waals surface area contributed by atoms with E-state index in [9.17, 15) is 19.8 Å². The van der Waals surface area contributed by atoms with Crippen LogP contribution in [0.5, 0.6) is 0 Å². The number of esters is 1. The molecule has 0 radical (unpaired) electrons. The van der Waals surface area contributed by atoms with Crippen LogP contribution in [0.4, 0.5) is 0 Å². The third-order valence-electron chi connectivity index (χ3n) is 16.1. The minimum absolute atomic E-state index is 0.0141. The lowest BCUT2D eigenvalue weighted by Crippen LogP contribution is -2.45. The second-order valence-corrected chi connectivity index (χ2v) is 23.9. The Morgan fingerprint density at radius 2 is 0.641 bits per heavy atom. The molecule has 0 aliphatic heterocycles. The summed E-state index contributed by atoms with van der Waals surface area (Å²) in [5, 5.41) is 23.2. The largest absolute Gasteiger partial charge is 0.466 e. The van der Waals surface area contributed by atoms with Crippen LogP contribution in [0, 0.1) is 0 Å². The normalized spacial score (nSPS) is 12.8. The fraction of sp³-hybridized carbons (Fsp3) is 0.861. The van der Waals surface area contributed by atoms with Crippen molar-refractivity contribution in [3.05, 3.63) is 48.6 Å². The molecule has 78 heavy (non-hydrogen) atoms. The summed E-state index contributed by atoms with van der Waals surface area (Å²) in [5.74, 6) is -0.0890. The summed E-state index contributed by atoms with van der Waals surface area (Å²) in [6.45, 7) is 4.89. The quantitative estimate of drug-likeness (QED) is 0.0244. The molecule has 0 aromatic heterocycles. The van der Waals surface area contributed by atoms with Crippen LogP contribution in [0.2, 0.25) is 0 Å². The molecule has 0 bridgehead atoms. The van der Waals surface area contributed by atoms with Crippen molar-refractivity contribution in [2.24, 2.45) is 0 Å². The van der Waals surface area contributed by atoms with Crippen LogP contribution >= 0.6 is 0 Å². The van der Waals surface area contributed by atoms with Crippen molar-refractivity contribution < 1.29 is 24.5 Å². The molecule has 0 saturated carbocycles. The number of aliphatic hydroxyl groups excluding tert-OH is 2. The molecule has 6 nitrogen and oxygen atoms in total. The maximum atomic E-state index is 12.5. The van der Waals surface area contributed by atoms with Crippen LogP contribution in [0.3, 0.4) is 0 Å². The van der Waals surface area contributed by atoms with Gasteiger partial charge in [0.2, 0.25) is 5.91 Å². The first-order valence-corrected chi connectivity index (χ1v) is 34.9. The topological polar surface area (TPSA) is 95.9 Å². The Kier molecular flexibility index (Phi) is 65.4. The van der Waals surface area contributed by atoms with Gasteiger partial charge in [-0.25, -0.2) is 0 Å². The lowest BCUT2D eigenvalue weighted by atomic mass is 10.0. The summed E-state index contributed by atoms with van der Waals surface area (Å²) in [4.78, 5) is 24.6. The Hall–Kier alpha value is -2.18. The molecule has 0 aliphatic carbocycles. The zero-order valence-electron chi connectivity index (χ0n) is 52.4. The third-order valence-corrected chi connectivity index (χ3v) is 16.1. The molecule has 2 atom stereocenters. The van der Waals surface area contributed by atoms with E-state index in [1.165, 1.54) is 270 Å². The number of unbranched alkanes of at least 4 members (excludes halogenated alkanes) is 49. The molecule has 2 unspecified atom stereocenters. The van der Waals surface area contributed by atoms with Crippen molar-refractivity contribution in [3.8, 4) is 0 Å². The zero-order valence-corrected chi connectivity index (χ0v) is 52.4. The number of allylic oxidation sites excluding steroid dienone is 7. The first kappa shape index (κ1) is 75.8. The number of aliphatic hydroxyl groups is 2. The van der Waals surface area contributed by atoms with Gasteiger partial charge in [-0.05, 0) is 89.9 Å². The van der Waals surface area contributed by atoms with Gasteiger partial charge in [-0.3, -0.25) is 9.59 Å². The molecule has 1 amide bonds. The van der Waals surface area contributed by atoms with Gasteiger partial charge >= 0.3 is 5.97 Å². The number of amides is 1. The average Bonchev–Trinajstić information content (AvgIpc) is 3.44. The van der Waals surface area contributed by atoms with Crippen molar-refractivity contribution in [1.29, 1.82) is 0 Å². The summed E-state index contributed by atoms with van der Waals surface area (Å²) in [6.07, 6.45) is 87.5. The molecule has 458 valence electrons. The second-order valence-electron chi connectivity index (χ2n) is 23.9. The number of carbonyl (C=O) groups is 2. The number of ether oxygens (including phenoxy) is 1. The molecule has 0 aromatic rings. The van der Waals surface area contributed by atoms with Gasteiger partial charge in [-0.1, -0.05) is 319 Å². The van der Waals surface area contributed by atoms with Gasteiger partial charge in [-0.15, -0.1) is 0 Å². The number of carbonyl (C=O) groups excluding carboxylic acids is 2. The Morgan fingerprint density at radius 1 is 0.359 bits per heavy atom. The predicted octanol–water partition coefficient (Wildman–Crippen LogP) is 22.5. The van der Waals surface area contributed by atoms with Gasteiger partial charge < -0.3 is 20.3 Å². The van der Waals surface area contributed by atoms with Crippen molar-refractivity contribution in [2.45, 2.75) is 386 Å². The van der Waals surface area contributed by atoms with Gasteiger partial charge in [0, 0.05) is 12.8 Å². The summed E-state index contributed by atoms with van der Waals surface area (Å²) in [6, 6.07) is -0.638. The Morgan fingerprint density at radius 3 is 0.987 bits per heavy atom. The lowest BCUT2D eigenvalue weighted by Gasteiger charge is -2.20. The monoisotopic (exact) mass is 1090 g/mol. The molecular formula is C72H135NO5. The fourth-order valence-corrected chi connectivity index (χ4v) is 10.7. The first-order chi connectivity index (χ1) is 38.5. The summed E-state index contributed by atoms with van der Waals surface area (Å²) >= 11 is 0. The number of rotatable bonds is 65. The first-order valence-electron chi connectivity index (χ1n) is 34.9. The maximum absolute atomic E-state index is 12.5. The summed E-state index contributed by atoms with van der Waals surface area (Å²) in [5.41, 5.74) is 0. The molecule has 0 saturated heterocycles. The molecule has 0 fully saturated rings. The average molecular weight is 1090 g/mol. The van der Waals surface area contributed by atoms with Crippen LogP contribution in [0.25, 0.3) is 0 Å². The van der Waals surface area contributed by atoms with E-state index < -0.39 is 12.1 Å². The van der Waals surface area contributed by atoms with Crippen molar-refractivity contribution in [2.75, 3.05) is 13.2 Å². The van der Waals surface area contributed by atoms with E-state index >= 15 is 0 Å². The van der Waals surface area contributed by atoms with E-state index in [1.54, 1.807) is 6.08 Å². The molecule has 0 rings (SSSR count). The van der Waals surface area contributed by atoms with Gasteiger partial charge in [0.1, 0.15) is 0 Å². The Bertz CT molecular complexity index is 1310. The fourth-order valence-electron chi connectivity index (χ4n) is 10.7. The predicted molar refractivity (Wildman–Crippen MR) is 342 cm³/mol. The van der Waals surface area contributed by atoms with Crippen LogP contribution < -0.4 is 5.32 Å². The number of hydrogen-bond acceptors (Lipinski definition) is 5. The SMILES string of the molecule is CCCCCCCC/C=C\CCCCCCCCCCCC(=O)OCCCCC/C=C\C=C/CCCCCCCCCCCCC(=O)NC(CO)C(O)/C=C/CCCCCCCCCCCCCCCCCCCCCCC. The van der Waals surface area contributed by atoms with E-state index in [1.807, 2.05) is 6.08 Å². The summed E-state index contributed by atoms with van der Waals surface area (Å²) < 4.78 is 5.48. The van der Waals surface area contributed by atoms with E-state index in [-0.39, 0.29) is 18.5 Å². The third kappa shape index (κ3) is 63.0. The highest BCUT2D eigenvalue weighted by Gasteiger charge is 2.18. The van der Waals surface area contributed by atoms with E-state index in [4.69, 9.17) is 4.74 Å². The zero-order chi connectivity index (χ0) is 56.4. The van der Waals surface area contributed by atoms with Gasteiger partial charge in [-0.2, -0.15) is 0 Å². The smallest absolute Gasteiger partial charge is 0.305 e. The van der Waals surface area contributed by atoms with E-state index in [0.717, 1.165) is 77.0 Å². The Labute approximate surface area is 486 Å². The standard InChI is InChI=1S/C72H135NO5/c1-3-5-7-9-11-13-15-17-19-21-23-24-25-26-29-32-36-40-44-48-52-56-60-64-70(75)69(68-74)73-71(76)65-61-57-53-49-45-41-37-33-30-27-31-35-39-43-47-51-55-59-63-67-78-72(77)66-62-58-54-50-46-42-38-34-28-22-20-18-16-14-12-10-8-6-4-2/h18,20,35,39,43,47,60,64,69-70,74-75H,3-17,19,21-34,36-38,40-42,44-46,48-59,61-63,65-68H2,1-2H3,(H,73,76)/b20-18-,39-35-,47-43-,64-60+. The Balaban J connectivity index is 3.49. The minimum atomic E-state index is -0.854. The number of hydrogen-bond donors (Lipinski definition) is 3. The number of nitrogens with one attached hydrogen (secondary N) is 1. The van der Waals surface area contributed by atoms with Crippen molar-refractivity contribution in [3.63, 3.8) is 0 Å². The lowest BCUT2D eigenvalue weighted by molar-refractivity contribution is -0.143. The van der Waals surface area contributed by atoms with Crippen LogP contribution in [-0.2, 0) is 14.3 Å². The van der Waals surface area contributed by atoms with Crippen molar-refractivity contribution in [1.82, 2.24) is 5.32 Å². The molecule has 3 N–H and O–H groups in total. The van der Waals surface area contributed by atoms with Crippen LogP contribution in [-0.4, -0.2) is 47.4 Å². The molecule has 6 heteroatoms. The van der Waals surface area contributed by atoms with Crippen molar-refractivity contribution >= 4 is 11.9 Å². The highest BCUT2D eigenvalue weighted by Crippen LogP contribution is 2.18. The van der Waals surface area contributed by atoms with Crippen LogP contribution in [0.15, 0.2) is 48.6 Å². The second kappa shape index (κ2) is 67.3. The van der Waals surface area contributed by atoms with Gasteiger partial charge in [0.25, 0.3) is 0 Å². The highest BCUT2D eigenvalue weighted by molar-refractivity contribution is 5.76. The minimum Gasteiger partial charge on any atom is -0.466 e. The molecule has 0 aliphatic rings. The van der Waals surface area contributed by atoms with E-state index in [2.05, 4.69) is 55.6 Å².